The fourth-order valence-electron chi connectivity index (χ4n) is 5.52. The van der Waals surface area contributed by atoms with Gasteiger partial charge in [0.15, 0.2) is 27.8 Å². The number of allylic oxidation sites excluding steroid dienone is 1. The zero-order valence-corrected chi connectivity index (χ0v) is 26.8. The molecule has 0 saturated carbocycles. The molecule has 0 aliphatic carbocycles. The Hall–Kier alpha value is -5.36. The lowest BCUT2D eigenvalue weighted by molar-refractivity contribution is -0.139. The number of esters is 1. The molecule has 2 aliphatic rings. The second-order valence-corrected chi connectivity index (χ2v) is 11.7. The van der Waals surface area contributed by atoms with E-state index in [0.29, 0.717) is 66.7 Å². The largest absolute Gasteiger partial charge is 0.493 e. The predicted octanol–water partition coefficient (Wildman–Crippen LogP) is 4.59. The van der Waals surface area contributed by atoms with E-state index >= 15 is 0 Å². The number of aromatic carboxylic acids is 1. The highest BCUT2D eigenvalue weighted by Crippen LogP contribution is 2.39. The van der Waals surface area contributed by atoms with Crippen LogP contribution in [-0.2, 0) is 16.1 Å². The standard InChI is InChI=1S/C35H32N2O9S/c1-4-7-24-30(34(41)43-5-2)31(22-11-13-26-28(17-22)46-19-45-26)37-32(38)29(47-35(37)36-24)16-20-10-12-25(27(15-20)42-3)44-18-21-8-6-9-23(14-21)33(39)40/h6,8-17,31H,4-5,7,18-19H2,1-3H3,(H,39,40)/b29-16-/t31-/m0/s1. The van der Waals surface area contributed by atoms with Gasteiger partial charge in [-0.2, -0.15) is 0 Å². The molecule has 0 spiro atoms. The van der Waals surface area contributed by atoms with Crippen LogP contribution < -0.4 is 33.8 Å². The summed E-state index contributed by atoms with van der Waals surface area (Å²) in [6, 6.07) is 16.4. The second-order valence-electron chi connectivity index (χ2n) is 10.7. The Morgan fingerprint density at radius 2 is 1.89 bits per heavy atom. The van der Waals surface area contributed by atoms with Crippen molar-refractivity contribution in [3.63, 3.8) is 0 Å². The van der Waals surface area contributed by atoms with Crippen molar-refractivity contribution in [3.05, 3.63) is 114 Å². The normalized spacial score (nSPS) is 15.2. The minimum absolute atomic E-state index is 0.0917. The van der Waals surface area contributed by atoms with Gasteiger partial charge in [-0.1, -0.05) is 48.9 Å². The van der Waals surface area contributed by atoms with Crippen LogP contribution in [0.15, 0.2) is 81.7 Å². The van der Waals surface area contributed by atoms with E-state index in [9.17, 15) is 19.5 Å². The highest BCUT2D eigenvalue weighted by molar-refractivity contribution is 7.07. The molecule has 3 heterocycles. The summed E-state index contributed by atoms with van der Waals surface area (Å²) in [5.41, 5.74) is 2.81. The molecule has 0 amide bonds. The number of thiazole rings is 1. The minimum atomic E-state index is -1.01. The third-order valence-electron chi connectivity index (χ3n) is 7.66. The second kappa shape index (κ2) is 13.6. The summed E-state index contributed by atoms with van der Waals surface area (Å²) in [4.78, 5) is 44.2. The number of benzene rings is 3. The highest BCUT2D eigenvalue weighted by Gasteiger charge is 2.35. The van der Waals surface area contributed by atoms with E-state index in [-0.39, 0.29) is 31.1 Å². The molecule has 47 heavy (non-hydrogen) atoms. The van der Waals surface area contributed by atoms with E-state index in [2.05, 4.69) is 0 Å². The van der Waals surface area contributed by atoms with Crippen molar-refractivity contribution in [1.29, 1.82) is 0 Å². The zero-order valence-electron chi connectivity index (χ0n) is 26.0. The van der Waals surface area contributed by atoms with Crippen molar-refractivity contribution in [1.82, 2.24) is 4.57 Å². The number of carbonyl (C=O) groups excluding carboxylic acids is 1. The minimum Gasteiger partial charge on any atom is -0.493 e. The molecule has 4 aromatic rings. The molecule has 1 N–H and O–H groups in total. The van der Waals surface area contributed by atoms with Gasteiger partial charge in [-0.3, -0.25) is 9.36 Å². The fourth-order valence-corrected chi connectivity index (χ4v) is 6.54. The molecule has 11 nitrogen and oxygen atoms in total. The molecule has 0 radical (unpaired) electrons. The van der Waals surface area contributed by atoms with Crippen LogP contribution in [0.2, 0.25) is 0 Å². The van der Waals surface area contributed by atoms with E-state index in [0.717, 1.165) is 6.42 Å². The van der Waals surface area contributed by atoms with E-state index in [4.69, 9.17) is 28.7 Å². The van der Waals surface area contributed by atoms with Gasteiger partial charge in [-0.15, -0.1) is 0 Å². The summed E-state index contributed by atoms with van der Waals surface area (Å²) in [6.45, 7) is 4.15. The molecular formula is C35H32N2O9S. The number of fused-ring (bicyclic) bond motifs is 2. The molecule has 12 heteroatoms. The van der Waals surface area contributed by atoms with Crippen LogP contribution in [0.4, 0.5) is 0 Å². The number of carbonyl (C=O) groups is 2. The van der Waals surface area contributed by atoms with Crippen LogP contribution in [-0.4, -0.2) is 42.1 Å². The number of aromatic nitrogens is 1. The number of nitrogens with zero attached hydrogens (tertiary/aromatic N) is 2. The summed E-state index contributed by atoms with van der Waals surface area (Å²) in [7, 11) is 1.52. The number of hydrogen-bond donors (Lipinski definition) is 1. The Labute approximate surface area is 273 Å². The predicted molar refractivity (Wildman–Crippen MR) is 173 cm³/mol. The quantitative estimate of drug-likeness (QED) is 0.230. The van der Waals surface area contributed by atoms with E-state index in [1.54, 1.807) is 66.1 Å². The van der Waals surface area contributed by atoms with Crippen LogP contribution in [0.3, 0.4) is 0 Å². The average molecular weight is 657 g/mol. The maximum absolute atomic E-state index is 14.1. The van der Waals surface area contributed by atoms with Gasteiger partial charge in [0.2, 0.25) is 6.79 Å². The monoisotopic (exact) mass is 656 g/mol. The van der Waals surface area contributed by atoms with Gasteiger partial charge in [0.25, 0.3) is 5.56 Å². The Morgan fingerprint density at radius 3 is 2.66 bits per heavy atom. The number of hydrogen-bond acceptors (Lipinski definition) is 10. The van der Waals surface area contributed by atoms with Crippen molar-refractivity contribution in [2.24, 2.45) is 4.99 Å². The first-order valence-corrected chi connectivity index (χ1v) is 15.9. The van der Waals surface area contributed by atoms with Gasteiger partial charge in [0.05, 0.1) is 41.1 Å². The smallest absolute Gasteiger partial charge is 0.338 e. The van der Waals surface area contributed by atoms with E-state index in [1.165, 1.54) is 24.5 Å². The number of rotatable bonds is 11. The Morgan fingerprint density at radius 1 is 1.06 bits per heavy atom. The number of carboxylic acids is 1. The summed E-state index contributed by atoms with van der Waals surface area (Å²) in [5, 5.41) is 9.28. The maximum Gasteiger partial charge on any atom is 0.338 e. The van der Waals surface area contributed by atoms with E-state index < -0.39 is 18.0 Å². The molecular weight excluding hydrogens is 624 g/mol. The molecule has 1 aromatic heterocycles. The molecule has 0 bridgehead atoms. The van der Waals surface area contributed by atoms with Crippen molar-refractivity contribution in [2.75, 3.05) is 20.5 Å². The molecule has 0 fully saturated rings. The Kier molecular flexibility index (Phi) is 9.12. The third-order valence-corrected chi connectivity index (χ3v) is 8.64. The topological polar surface area (TPSA) is 135 Å². The van der Waals surface area contributed by atoms with Gasteiger partial charge in [-0.05, 0) is 72.5 Å². The fraction of sp³-hybridized carbons (Fsp3) is 0.257. The summed E-state index contributed by atoms with van der Waals surface area (Å²) in [6.07, 6.45) is 3.01. The highest BCUT2D eigenvalue weighted by atomic mass is 32.1. The maximum atomic E-state index is 14.1. The van der Waals surface area contributed by atoms with Gasteiger partial charge in [0.1, 0.15) is 6.61 Å². The Bertz CT molecular complexity index is 2080. The van der Waals surface area contributed by atoms with Crippen LogP contribution in [0.5, 0.6) is 23.0 Å². The molecule has 2 aliphatic heterocycles. The average Bonchev–Trinajstić information content (AvgIpc) is 3.67. The first-order valence-electron chi connectivity index (χ1n) is 15.1. The van der Waals surface area contributed by atoms with Crippen molar-refractivity contribution in [3.8, 4) is 23.0 Å². The van der Waals surface area contributed by atoms with Gasteiger partial charge >= 0.3 is 11.9 Å². The molecule has 0 saturated heterocycles. The lowest BCUT2D eigenvalue weighted by Gasteiger charge is -2.25. The van der Waals surface area contributed by atoms with E-state index in [1.807, 2.05) is 13.0 Å². The first-order chi connectivity index (χ1) is 22.8. The summed E-state index contributed by atoms with van der Waals surface area (Å²) >= 11 is 1.23. The van der Waals surface area contributed by atoms with Crippen LogP contribution in [0, 0.1) is 0 Å². The van der Waals surface area contributed by atoms with Gasteiger partial charge < -0.3 is 28.8 Å². The summed E-state index contributed by atoms with van der Waals surface area (Å²) < 4.78 is 30.1. The third kappa shape index (κ3) is 6.36. The van der Waals surface area contributed by atoms with Crippen LogP contribution in [0.1, 0.15) is 59.8 Å². The molecule has 6 rings (SSSR count). The number of carboxylic acid groups (broad SMARTS) is 1. The lowest BCUT2D eigenvalue weighted by Crippen LogP contribution is -2.40. The van der Waals surface area contributed by atoms with Crippen LogP contribution in [0.25, 0.3) is 6.08 Å². The number of methoxy groups -OCH3 is 1. The first kappa shape index (κ1) is 31.6. The van der Waals surface area contributed by atoms with Gasteiger partial charge in [0, 0.05) is 0 Å². The van der Waals surface area contributed by atoms with Crippen molar-refractivity contribution >= 4 is 29.4 Å². The molecule has 242 valence electrons. The Balaban J connectivity index is 1.40. The molecule has 1 atom stereocenters. The lowest BCUT2D eigenvalue weighted by atomic mass is 9.94. The summed E-state index contributed by atoms with van der Waals surface area (Å²) in [5.74, 6) is 0.483. The molecule has 3 aromatic carbocycles. The van der Waals surface area contributed by atoms with Crippen molar-refractivity contribution < 1.29 is 38.4 Å². The van der Waals surface area contributed by atoms with Gasteiger partial charge in [-0.25, -0.2) is 14.6 Å². The number of ether oxygens (including phenoxy) is 5. The molecule has 0 unspecified atom stereocenters. The zero-order chi connectivity index (χ0) is 33.1. The van der Waals surface area contributed by atoms with Crippen molar-refractivity contribution in [2.45, 2.75) is 39.3 Å². The SMILES string of the molecule is CCCC1=C(C(=O)OCC)[C@H](c2ccc3c(c2)OCO3)n2c(s/c(=C\c3ccc(OCc4cccc(C(=O)O)c4)c(OC)c3)c2=O)=N1. The van der Waals surface area contributed by atoms with Crippen LogP contribution >= 0.6 is 11.3 Å².